The van der Waals surface area contributed by atoms with E-state index in [1.807, 2.05) is 0 Å². The van der Waals surface area contributed by atoms with Crippen LogP contribution in [0.1, 0.15) is 74.6 Å². The second kappa shape index (κ2) is 29.8. The van der Waals surface area contributed by atoms with E-state index in [0.717, 1.165) is 44.9 Å². The van der Waals surface area contributed by atoms with Crippen LogP contribution in [0.3, 0.4) is 0 Å². The van der Waals surface area contributed by atoms with Gasteiger partial charge in [0.1, 0.15) is 25.0 Å². The van der Waals surface area contributed by atoms with E-state index in [1.54, 1.807) is 18.4 Å². The van der Waals surface area contributed by atoms with Gasteiger partial charge >= 0.3 is 11.9 Å². The van der Waals surface area contributed by atoms with E-state index < -0.39 is 29.8 Å². The van der Waals surface area contributed by atoms with Crippen LogP contribution in [0.4, 0.5) is 0 Å². The van der Waals surface area contributed by atoms with Gasteiger partial charge in [-0.05, 0) is 43.5 Å². The maximum Gasteiger partial charge on any atom is 0.335 e. The third-order valence-electron chi connectivity index (χ3n) is 6.99. The van der Waals surface area contributed by atoms with Crippen LogP contribution in [0, 0.1) is 0 Å². The summed E-state index contributed by atoms with van der Waals surface area (Å²) in [6.07, 6.45) is 8.79. The summed E-state index contributed by atoms with van der Waals surface area (Å²) in [6, 6.07) is 5.11. The molecule has 0 fully saturated rings. The Kier molecular flexibility index (Phi) is 26.1. The van der Waals surface area contributed by atoms with E-state index in [9.17, 15) is 33.9 Å². The Balaban J connectivity index is 1.93. The van der Waals surface area contributed by atoms with Crippen LogP contribution in [0.15, 0.2) is 24.3 Å². The summed E-state index contributed by atoms with van der Waals surface area (Å²) >= 11 is 0. The number of rotatable bonds is 33. The van der Waals surface area contributed by atoms with Gasteiger partial charge in [0.05, 0.1) is 51.8 Å². The number of benzene rings is 1. The molecule has 3 amide bonds. The van der Waals surface area contributed by atoms with Crippen molar-refractivity contribution in [2.24, 2.45) is 0 Å². The number of ether oxygens (including phenoxy) is 5. The summed E-state index contributed by atoms with van der Waals surface area (Å²) in [7, 11) is 0. The quantitative estimate of drug-likeness (QED) is 0.0655. The van der Waals surface area contributed by atoms with E-state index >= 15 is 0 Å². The molecule has 0 spiro atoms. The Bertz CT molecular complexity index is 1120. The van der Waals surface area contributed by atoms with Crippen LogP contribution in [-0.4, -0.2) is 125 Å². The first-order chi connectivity index (χ1) is 24.2. The maximum absolute atomic E-state index is 12.1. The lowest BCUT2D eigenvalue weighted by Gasteiger charge is -2.14. The largest absolute Gasteiger partial charge is 0.494 e. The highest BCUT2D eigenvalue weighted by Gasteiger charge is 2.21. The van der Waals surface area contributed by atoms with E-state index in [4.69, 9.17) is 28.8 Å². The summed E-state index contributed by atoms with van der Waals surface area (Å²) in [5.74, 6) is -2.64. The fraction of sp³-hybridized carbons (Fsp3) is 0.647. The third kappa shape index (κ3) is 24.9. The zero-order chi connectivity index (χ0) is 36.7. The molecule has 1 aromatic carbocycles. The molecule has 0 aromatic heterocycles. The molecule has 1 aromatic rings. The van der Waals surface area contributed by atoms with Crippen molar-refractivity contribution in [1.29, 1.82) is 0 Å². The standard InChI is InChI=1S/C34H52N3O13/c38-17-21-48-23-22-46-20-16-36-31(40)14-13-29(34(44)45)37-32(41)26-49-25-24-47-19-15-35-30(39)8-6-4-2-1-3-5-7-18-50-28-11-9-27(10-12-28)33(42)43/h9-12,29H,1-8,13-16,18-26H2,(H,35,39)(H,36,40)(H,37,41)(H,42,43)(H,44,45)/t29-/m0/s1. The van der Waals surface area contributed by atoms with Gasteiger partial charge in [0.2, 0.25) is 24.0 Å². The van der Waals surface area contributed by atoms with Crippen LogP contribution in [0.5, 0.6) is 5.75 Å². The Morgan fingerprint density at radius 1 is 0.640 bits per heavy atom. The molecule has 0 aliphatic rings. The van der Waals surface area contributed by atoms with Crippen molar-refractivity contribution in [2.75, 3.05) is 72.6 Å². The third-order valence-corrected chi connectivity index (χ3v) is 6.99. The zero-order valence-electron chi connectivity index (χ0n) is 28.6. The Morgan fingerprint density at radius 3 is 1.80 bits per heavy atom. The van der Waals surface area contributed by atoms with E-state index in [-0.39, 0.29) is 83.7 Å². The number of aromatic carboxylic acids is 1. The molecule has 0 aliphatic heterocycles. The van der Waals surface area contributed by atoms with Crippen molar-refractivity contribution in [3.63, 3.8) is 0 Å². The predicted octanol–water partition coefficient (Wildman–Crippen LogP) is 1.64. The minimum absolute atomic E-state index is 0.0391. The van der Waals surface area contributed by atoms with Crippen LogP contribution in [0.2, 0.25) is 0 Å². The molecular formula is C34H52N3O13. The molecule has 16 heteroatoms. The molecule has 0 saturated carbocycles. The molecule has 1 radical (unpaired) electrons. The highest BCUT2D eigenvalue weighted by molar-refractivity contribution is 5.87. The SMILES string of the molecule is O=[C]COCCOCCNC(=O)CC[C@H](NC(=O)COCCOCCNC(=O)CCCCCCCCCOc1ccc(C(=O)O)cc1)C(=O)O. The maximum atomic E-state index is 12.1. The van der Waals surface area contributed by atoms with Crippen molar-refractivity contribution in [1.82, 2.24) is 16.0 Å². The molecule has 50 heavy (non-hydrogen) atoms. The van der Waals surface area contributed by atoms with Crippen LogP contribution in [-0.2, 0) is 42.9 Å². The van der Waals surface area contributed by atoms with E-state index in [0.29, 0.717) is 25.3 Å². The van der Waals surface area contributed by atoms with Gasteiger partial charge in [-0.3, -0.25) is 19.2 Å². The first kappa shape index (κ1) is 43.9. The number of nitrogens with one attached hydrogen (secondary N) is 3. The molecule has 0 aliphatic carbocycles. The van der Waals surface area contributed by atoms with Gasteiger partial charge in [-0.15, -0.1) is 0 Å². The van der Waals surface area contributed by atoms with Crippen LogP contribution >= 0.6 is 0 Å². The minimum atomic E-state index is -1.27. The average Bonchev–Trinajstić information content (AvgIpc) is 3.09. The summed E-state index contributed by atoms with van der Waals surface area (Å²) in [6.45, 7) is 1.90. The first-order valence-corrected chi connectivity index (χ1v) is 16.9. The van der Waals surface area contributed by atoms with E-state index in [1.165, 1.54) is 12.1 Å². The second-order valence-electron chi connectivity index (χ2n) is 11.1. The Morgan fingerprint density at radius 2 is 1.20 bits per heavy atom. The van der Waals surface area contributed by atoms with Gasteiger partial charge in [0.15, 0.2) is 0 Å². The monoisotopic (exact) mass is 710 g/mol. The molecule has 0 heterocycles. The first-order valence-electron chi connectivity index (χ1n) is 16.9. The number of carboxylic acid groups (broad SMARTS) is 2. The number of unbranched alkanes of at least 4 members (excludes halogenated alkanes) is 6. The normalized spacial score (nSPS) is 11.4. The van der Waals surface area contributed by atoms with Gasteiger partial charge < -0.3 is 49.8 Å². The van der Waals surface area contributed by atoms with Crippen LogP contribution in [0.25, 0.3) is 0 Å². The fourth-order valence-electron chi connectivity index (χ4n) is 4.34. The number of hydrogen-bond acceptors (Lipinski definition) is 11. The molecule has 0 saturated heterocycles. The highest BCUT2D eigenvalue weighted by atomic mass is 16.5. The summed E-state index contributed by atoms with van der Waals surface area (Å²) in [5.41, 5.74) is 0.232. The number of carbonyl (C=O) groups excluding carboxylic acids is 4. The molecule has 1 atom stereocenters. The number of aliphatic carboxylic acids is 1. The minimum Gasteiger partial charge on any atom is -0.494 e. The summed E-state index contributed by atoms with van der Waals surface area (Å²) in [5, 5.41) is 26.0. The van der Waals surface area contributed by atoms with Gasteiger partial charge in [-0.1, -0.05) is 32.1 Å². The van der Waals surface area contributed by atoms with E-state index in [2.05, 4.69) is 16.0 Å². The smallest absolute Gasteiger partial charge is 0.335 e. The van der Waals surface area contributed by atoms with Gasteiger partial charge in [-0.2, -0.15) is 0 Å². The highest BCUT2D eigenvalue weighted by Crippen LogP contribution is 2.14. The van der Waals surface area contributed by atoms with Gasteiger partial charge in [0, 0.05) is 25.9 Å². The Labute approximate surface area is 292 Å². The lowest BCUT2D eigenvalue weighted by molar-refractivity contribution is -0.143. The molecule has 1 rings (SSSR count). The number of amides is 3. The summed E-state index contributed by atoms with van der Waals surface area (Å²) < 4.78 is 26.3. The molecule has 0 unspecified atom stereocenters. The van der Waals surface area contributed by atoms with Gasteiger partial charge in [0.25, 0.3) is 0 Å². The number of carboxylic acids is 2. The molecule has 16 nitrogen and oxygen atoms in total. The predicted molar refractivity (Wildman–Crippen MR) is 180 cm³/mol. The topological polar surface area (TPSA) is 225 Å². The fourth-order valence-corrected chi connectivity index (χ4v) is 4.34. The number of hydrogen-bond donors (Lipinski definition) is 5. The summed E-state index contributed by atoms with van der Waals surface area (Å²) in [4.78, 5) is 68.3. The van der Waals surface area contributed by atoms with Crippen molar-refractivity contribution < 1.29 is 62.7 Å². The lowest BCUT2D eigenvalue weighted by Crippen LogP contribution is -2.43. The molecular weight excluding hydrogens is 658 g/mol. The zero-order valence-corrected chi connectivity index (χ0v) is 28.6. The second-order valence-corrected chi connectivity index (χ2v) is 11.1. The molecule has 281 valence electrons. The number of carbonyl (C=O) groups is 5. The molecule has 5 N–H and O–H groups in total. The van der Waals surface area contributed by atoms with Crippen molar-refractivity contribution >= 4 is 35.9 Å². The van der Waals surface area contributed by atoms with Crippen molar-refractivity contribution in [2.45, 2.75) is 70.3 Å². The van der Waals surface area contributed by atoms with Gasteiger partial charge in [-0.25, -0.2) is 9.59 Å². The lowest BCUT2D eigenvalue weighted by atomic mass is 10.1. The van der Waals surface area contributed by atoms with Crippen molar-refractivity contribution in [3.05, 3.63) is 29.8 Å². The Hall–Kier alpha value is -4.12. The van der Waals surface area contributed by atoms with Crippen LogP contribution < -0.4 is 20.7 Å². The average molecular weight is 711 g/mol. The molecule has 0 bridgehead atoms. The van der Waals surface area contributed by atoms with Crippen molar-refractivity contribution in [3.8, 4) is 5.75 Å².